The highest BCUT2D eigenvalue weighted by Crippen LogP contribution is 2.36. The second kappa shape index (κ2) is 12.1. The molecule has 0 bridgehead atoms. The summed E-state index contributed by atoms with van der Waals surface area (Å²) in [6.07, 6.45) is 1.76. The van der Waals surface area contributed by atoms with Crippen LogP contribution in [0.3, 0.4) is 0 Å². The maximum Gasteiger partial charge on any atom is 0.244 e. The fourth-order valence-corrected chi connectivity index (χ4v) is 4.94. The molecule has 0 saturated carbocycles. The van der Waals surface area contributed by atoms with Gasteiger partial charge in [-0.3, -0.25) is 13.9 Å². The fraction of sp³-hybridized carbons (Fsp3) is 0.462. The van der Waals surface area contributed by atoms with Gasteiger partial charge >= 0.3 is 0 Å². The summed E-state index contributed by atoms with van der Waals surface area (Å²) in [5.41, 5.74) is 2.17. The first-order chi connectivity index (χ1) is 17.2. The van der Waals surface area contributed by atoms with Crippen molar-refractivity contribution in [3.05, 3.63) is 53.6 Å². The van der Waals surface area contributed by atoms with Gasteiger partial charge in [0.15, 0.2) is 11.5 Å². The van der Waals surface area contributed by atoms with Crippen molar-refractivity contribution in [1.82, 2.24) is 10.2 Å². The third-order valence-electron chi connectivity index (χ3n) is 6.06. The van der Waals surface area contributed by atoms with Crippen molar-refractivity contribution in [2.75, 3.05) is 29.9 Å². The van der Waals surface area contributed by atoms with Crippen molar-refractivity contribution in [3.63, 3.8) is 0 Å². The number of sulfonamides is 1. The van der Waals surface area contributed by atoms with Crippen molar-refractivity contribution in [2.24, 2.45) is 0 Å². The van der Waals surface area contributed by atoms with E-state index in [-0.39, 0.29) is 25.0 Å². The Kier molecular flexibility index (Phi) is 9.19. The third-order valence-corrected chi connectivity index (χ3v) is 7.80. The van der Waals surface area contributed by atoms with Gasteiger partial charge in [0.25, 0.3) is 0 Å². The van der Waals surface area contributed by atoms with Gasteiger partial charge in [0.1, 0.15) is 12.6 Å². The third kappa shape index (κ3) is 6.69. The Hall–Kier alpha value is -3.27. The standard InChI is InChI=1S/C26H35N3O6S/c1-5-7-13-27-26(31)20(4)28(16-21-10-8-9-19(3)14-21)25(30)17-29(36(32,33)6-2)22-11-12-23-24(15-22)35-18-34-23/h8-12,14-15,20H,5-7,13,16-18H2,1-4H3,(H,27,31). The summed E-state index contributed by atoms with van der Waals surface area (Å²) in [5.74, 6) is -0.0321. The van der Waals surface area contributed by atoms with Gasteiger partial charge in [-0.2, -0.15) is 0 Å². The van der Waals surface area contributed by atoms with E-state index in [1.165, 1.54) is 11.8 Å². The smallest absolute Gasteiger partial charge is 0.244 e. The zero-order valence-electron chi connectivity index (χ0n) is 21.3. The van der Waals surface area contributed by atoms with Crippen molar-refractivity contribution < 1.29 is 27.5 Å². The molecule has 1 aliphatic rings. The maximum atomic E-state index is 13.7. The molecule has 1 atom stereocenters. The predicted octanol–water partition coefficient (Wildman–Crippen LogP) is 3.21. The first kappa shape index (κ1) is 27.3. The number of carbonyl (C=O) groups excluding carboxylic acids is 2. The number of rotatable bonds is 12. The van der Waals surface area contributed by atoms with Crippen molar-refractivity contribution in [1.29, 1.82) is 0 Å². The minimum absolute atomic E-state index is 0.0488. The molecule has 1 heterocycles. The highest BCUT2D eigenvalue weighted by atomic mass is 32.2. The van der Waals surface area contributed by atoms with Gasteiger partial charge in [-0.05, 0) is 44.9 Å². The van der Waals surface area contributed by atoms with Crippen LogP contribution in [0.1, 0.15) is 44.7 Å². The van der Waals surface area contributed by atoms with E-state index in [0.29, 0.717) is 23.7 Å². The Morgan fingerprint density at radius 3 is 2.53 bits per heavy atom. The summed E-state index contributed by atoms with van der Waals surface area (Å²) in [6, 6.07) is 11.6. The van der Waals surface area contributed by atoms with Gasteiger partial charge < -0.3 is 19.7 Å². The van der Waals surface area contributed by atoms with E-state index in [1.807, 2.05) is 38.1 Å². The second-order valence-corrected chi connectivity index (χ2v) is 11.0. The highest BCUT2D eigenvalue weighted by Gasteiger charge is 2.31. The Balaban J connectivity index is 1.91. The number of hydrogen-bond donors (Lipinski definition) is 1. The van der Waals surface area contributed by atoms with Crippen LogP contribution < -0.4 is 19.1 Å². The van der Waals surface area contributed by atoms with Crippen molar-refractivity contribution in [3.8, 4) is 11.5 Å². The minimum atomic E-state index is -3.81. The number of nitrogens with zero attached hydrogens (tertiary/aromatic N) is 2. The number of fused-ring (bicyclic) bond motifs is 1. The largest absolute Gasteiger partial charge is 0.454 e. The quantitative estimate of drug-likeness (QED) is 0.434. The SMILES string of the molecule is CCCCNC(=O)C(C)N(Cc1cccc(C)c1)C(=O)CN(c1ccc2c(c1)OCO2)S(=O)(=O)CC. The summed E-state index contributed by atoms with van der Waals surface area (Å²) in [7, 11) is -3.81. The van der Waals surface area contributed by atoms with Crippen LogP contribution in [-0.2, 0) is 26.2 Å². The molecular weight excluding hydrogens is 482 g/mol. The Morgan fingerprint density at radius 2 is 1.83 bits per heavy atom. The molecule has 0 saturated heterocycles. The number of hydrogen-bond acceptors (Lipinski definition) is 6. The Morgan fingerprint density at radius 1 is 1.08 bits per heavy atom. The molecule has 2 amide bonds. The van der Waals surface area contributed by atoms with Crippen LogP contribution in [0.25, 0.3) is 0 Å². The highest BCUT2D eigenvalue weighted by molar-refractivity contribution is 7.92. The summed E-state index contributed by atoms with van der Waals surface area (Å²) in [5, 5.41) is 2.88. The maximum absolute atomic E-state index is 13.7. The van der Waals surface area contributed by atoms with Crippen LogP contribution in [0.2, 0.25) is 0 Å². The van der Waals surface area contributed by atoms with Crippen molar-refractivity contribution >= 4 is 27.5 Å². The number of nitrogens with one attached hydrogen (secondary N) is 1. The lowest BCUT2D eigenvalue weighted by Gasteiger charge is -2.32. The first-order valence-corrected chi connectivity index (χ1v) is 13.8. The van der Waals surface area contributed by atoms with Crippen LogP contribution in [0.15, 0.2) is 42.5 Å². The fourth-order valence-electron chi connectivity index (χ4n) is 3.89. The lowest BCUT2D eigenvalue weighted by molar-refractivity contribution is -0.139. The first-order valence-electron chi connectivity index (χ1n) is 12.2. The van der Waals surface area contributed by atoms with Gasteiger partial charge in [-0.25, -0.2) is 8.42 Å². The normalized spacial score (nSPS) is 13.2. The van der Waals surface area contributed by atoms with Crippen LogP contribution in [0.4, 0.5) is 5.69 Å². The van der Waals surface area contributed by atoms with E-state index in [9.17, 15) is 18.0 Å². The lowest BCUT2D eigenvalue weighted by atomic mass is 10.1. The van der Waals surface area contributed by atoms with E-state index < -0.39 is 28.5 Å². The Labute approximate surface area is 213 Å². The molecule has 0 aromatic heterocycles. The van der Waals surface area contributed by atoms with Crippen LogP contribution >= 0.6 is 0 Å². The molecule has 0 aliphatic carbocycles. The summed E-state index contributed by atoms with van der Waals surface area (Å²) < 4.78 is 37.9. The molecule has 36 heavy (non-hydrogen) atoms. The Bertz CT molecular complexity index is 1180. The number of carbonyl (C=O) groups is 2. The molecular formula is C26H35N3O6S. The number of unbranched alkanes of at least 4 members (excludes halogenated alkanes) is 1. The molecule has 9 nitrogen and oxygen atoms in total. The molecule has 10 heteroatoms. The summed E-state index contributed by atoms with van der Waals surface area (Å²) in [6.45, 7) is 7.45. The van der Waals surface area contributed by atoms with Gasteiger partial charge in [-0.1, -0.05) is 43.2 Å². The molecule has 3 rings (SSSR count). The zero-order chi connectivity index (χ0) is 26.3. The molecule has 0 fully saturated rings. The van der Waals surface area contributed by atoms with Gasteiger partial charge in [-0.15, -0.1) is 0 Å². The van der Waals surface area contributed by atoms with E-state index >= 15 is 0 Å². The molecule has 196 valence electrons. The monoisotopic (exact) mass is 517 g/mol. The number of ether oxygens (including phenoxy) is 2. The van der Waals surface area contributed by atoms with Gasteiger partial charge in [0, 0.05) is 19.2 Å². The molecule has 1 N–H and O–H groups in total. The molecule has 0 spiro atoms. The molecule has 2 aromatic rings. The zero-order valence-corrected chi connectivity index (χ0v) is 22.1. The molecule has 2 aromatic carbocycles. The average molecular weight is 518 g/mol. The van der Waals surface area contributed by atoms with Crippen LogP contribution in [0, 0.1) is 6.92 Å². The van der Waals surface area contributed by atoms with E-state index in [4.69, 9.17) is 9.47 Å². The van der Waals surface area contributed by atoms with Crippen LogP contribution in [0.5, 0.6) is 11.5 Å². The summed E-state index contributed by atoms with van der Waals surface area (Å²) >= 11 is 0. The molecule has 1 aliphatic heterocycles. The summed E-state index contributed by atoms with van der Waals surface area (Å²) in [4.78, 5) is 28.0. The minimum Gasteiger partial charge on any atom is -0.454 e. The second-order valence-electron chi connectivity index (χ2n) is 8.78. The average Bonchev–Trinajstić information content (AvgIpc) is 3.33. The molecule has 0 radical (unpaired) electrons. The lowest BCUT2D eigenvalue weighted by Crippen LogP contribution is -2.51. The van der Waals surface area contributed by atoms with E-state index in [2.05, 4.69) is 5.32 Å². The number of anilines is 1. The number of amides is 2. The number of benzene rings is 2. The van der Waals surface area contributed by atoms with Gasteiger partial charge in [0.2, 0.25) is 28.6 Å². The van der Waals surface area contributed by atoms with E-state index in [0.717, 1.165) is 28.3 Å². The van der Waals surface area contributed by atoms with Crippen LogP contribution in [-0.4, -0.2) is 56.8 Å². The molecule has 1 unspecified atom stereocenters. The number of aryl methyl sites for hydroxylation is 1. The topological polar surface area (TPSA) is 105 Å². The van der Waals surface area contributed by atoms with Gasteiger partial charge in [0.05, 0.1) is 11.4 Å². The van der Waals surface area contributed by atoms with Crippen molar-refractivity contribution in [2.45, 2.75) is 53.1 Å². The van der Waals surface area contributed by atoms with E-state index in [1.54, 1.807) is 25.1 Å². The predicted molar refractivity (Wildman–Crippen MR) is 138 cm³/mol.